The van der Waals surface area contributed by atoms with Gasteiger partial charge in [-0.1, -0.05) is 11.6 Å². The van der Waals surface area contributed by atoms with E-state index in [1.807, 2.05) is 0 Å². The molecule has 1 N–H and O–H groups in total. The minimum absolute atomic E-state index is 0.0487. The Labute approximate surface area is 109 Å². The number of carbonyl (C=O) groups excluding carboxylic acids is 2. The number of esters is 1. The van der Waals surface area contributed by atoms with Crippen LogP contribution in [0.4, 0.5) is 5.69 Å². The Hall–Kier alpha value is -1.59. The number of hydrogen-bond donors (Lipinski definition) is 1. The highest BCUT2D eigenvalue weighted by Gasteiger charge is 2.31. The number of hydrogen-bond acceptors (Lipinski definition) is 4. The molecule has 1 heterocycles. The van der Waals surface area contributed by atoms with Gasteiger partial charge in [-0.15, -0.1) is 0 Å². The second kappa shape index (κ2) is 4.96. The fourth-order valence-corrected chi connectivity index (χ4v) is 2.10. The van der Waals surface area contributed by atoms with Crippen LogP contribution in [0.2, 0.25) is 5.02 Å². The van der Waals surface area contributed by atoms with Crippen LogP contribution in [0.15, 0.2) is 18.2 Å². The number of rotatable bonds is 2. The van der Waals surface area contributed by atoms with E-state index in [1.165, 1.54) is 24.1 Å². The zero-order valence-corrected chi connectivity index (χ0v) is 10.5. The van der Waals surface area contributed by atoms with E-state index in [9.17, 15) is 14.7 Å². The minimum atomic E-state index is -0.720. The van der Waals surface area contributed by atoms with Crippen LogP contribution in [-0.4, -0.2) is 36.7 Å². The number of halogens is 1. The Balaban J connectivity index is 2.45. The first-order valence-corrected chi connectivity index (χ1v) is 5.77. The summed E-state index contributed by atoms with van der Waals surface area (Å²) in [6, 6.07) is 4.57. The van der Waals surface area contributed by atoms with E-state index in [4.69, 9.17) is 11.6 Å². The van der Waals surface area contributed by atoms with Gasteiger partial charge in [0.1, 0.15) is 0 Å². The molecule has 1 unspecified atom stereocenters. The van der Waals surface area contributed by atoms with Gasteiger partial charge in [0.25, 0.3) is 0 Å². The Bertz CT molecular complexity index is 503. The van der Waals surface area contributed by atoms with E-state index >= 15 is 0 Å². The van der Waals surface area contributed by atoms with Gasteiger partial charge in [-0.2, -0.15) is 0 Å². The smallest absolute Gasteiger partial charge is 0.339 e. The topological polar surface area (TPSA) is 66.8 Å². The Morgan fingerprint density at radius 1 is 1.56 bits per heavy atom. The molecule has 1 aromatic carbocycles. The fourth-order valence-electron chi connectivity index (χ4n) is 1.93. The molecule has 0 radical (unpaired) electrons. The van der Waals surface area contributed by atoms with Crippen molar-refractivity contribution in [2.45, 2.75) is 12.5 Å². The molecule has 5 nitrogen and oxygen atoms in total. The van der Waals surface area contributed by atoms with Gasteiger partial charge in [0.2, 0.25) is 5.91 Å². The van der Waals surface area contributed by atoms with Crippen LogP contribution in [0, 0.1) is 0 Å². The van der Waals surface area contributed by atoms with Crippen molar-refractivity contribution in [2.75, 3.05) is 18.6 Å². The number of amides is 1. The number of methoxy groups -OCH3 is 1. The summed E-state index contributed by atoms with van der Waals surface area (Å²) in [5.41, 5.74) is 0.625. The molecule has 0 aliphatic carbocycles. The van der Waals surface area contributed by atoms with Crippen molar-refractivity contribution in [1.82, 2.24) is 0 Å². The van der Waals surface area contributed by atoms with E-state index in [-0.39, 0.29) is 24.4 Å². The van der Waals surface area contributed by atoms with Gasteiger partial charge < -0.3 is 14.7 Å². The Morgan fingerprint density at radius 3 is 2.83 bits per heavy atom. The number of anilines is 1. The zero-order chi connectivity index (χ0) is 13.3. The summed E-state index contributed by atoms with van der Waals surface area (Å²) in [5, 5.41) is 9.88. The first-order valence-electron chi connectivity index (χ1n) is 5.39. The number of nitrogens with zero attached hydrogens (tertiary/aromatic N) is 1. The number of aliphatic hydroxyl groups excluding tert-OH is 1. The first-order chi connectivity index (χ1) is 8.52. The van der Waals surface area contributed by atoms with E-state index in [0.29, 0.717) is 10.7 Å². The van der Waals surface area contributed by atoms with Gasteiger partial charge in [0, 0.05) is 5.02 Å². The molecule has 1 aliphatic rings. The zero-order valence-electron chi connectivity index (χ0n) is 9.72. The van der Waals surface area contributed by atoms with Gasteiger partial charge in [-0.25, -0.2) is 4.79 Å². The molecule has 2 rings (SSSR count). The Morgan fingerprint density at radius 2 is 2.28 bits per heavy atom. The third-order valence-electron chi connectivity index (χ3n) is 2.76. The molecule has 1 amide bonds. The van der Waals surface area contributed by atoms with Gasteiger partial charge in [-0.05, 0) is 18.2 Å². The van der Waals surface area contributed by atoms with Crippen LogP contribution in [0.1, 0.15) is 16.8 Å². The van der Waals surface area contributed by atoms with E-state index in [2.05, 4.69) is 4.74 Å². The average Bonchev–Trinajstić information content (AvgIpc) is 2.67. The maximum atomic E-state index is 11.7. The first kappa shape index (κ1) is 12.9. The average molecular weight is 270 g/mol. The highest BCUT2D eigenvalue weighted by Crippen LogP contribution is 2.29. The second-order valence-corrected chi connectivity index (χ2v) is 4.45. The molecule has 0 aromatic heterocycles. The minimum Gasteiger partial charge on any atom is -0.465 e. The summed E-state index contributed by atoms with van der Waals surface area (Å²) in [6.07, 6.45) is -0.672. The third-order valence-corrected chi connectivity index (χ3v) is 3.00. The molecule has 1 saturated heterocycles. The maximum Gasteiger partial charge on any atom is 0.339 e. The highest BCUT2D eigenvalue weighted by molar-refractivity contribution is 6.31. The van der Waals surface area contributed by atoms with Crippen molar-refractivity contribution in [1.29, 1.82) is 0 Å². The number of benzene rings is 1. The molecular weight excluding hydrogens is 258 g/mol. The second-order valence-electron chi connectivity index (χ2n) is 4.02. The van der Waals surface area contributed by atoms with E-state index < -0.39 is 12.1 Å². The van der Waals surface area contributed by atoms with Crippen LogP contribution in [0.5, 0.6) is 0 Å². The van der Waals surface area contributed by atoms with Gasteiger partial charge in [0.05, 0.1) is 37.4 Å². The molecule has 18 heavy (non-hydrogen) atoms. The third kappa shape index (κ3) is 2.32. The summed E-state index contributed by atoms with van der Waals surface area (Å²) in [4.78, 5) is 24.7. The highest BCUT2D eigenvalue weighted by atomic mass is 35.5. The molecule has 1 atom stereocenters. The summed E-state index contributed by atoms with van der Waals surface area (Å²) < 4.78 is 4.66. The molecular formula is C12H12ClNO4. The van der Waals surface area contributed by atoms with Crippen molar-refractivity contribution in [2.24, 2.45) is 0 Å². The largest absolute Gasteiger partial charge is 0.465 e. The van der Waals surface area contributed by atoms with E-state index in [1.54, 1.807) is 6.07 Å². The number of aliphatic hydroxyl groups is 1. The van der Waals surface area contributed by atoms with Crippen molar-refractivity contribution in [3.63, 3.8) is 0 Å². The molecule has 1 aliphatic heterocycles. The van der Waals surface area contributed by atoms with Crippen molar-refractivity contribution in [3.8, 4) is 0 Å². The van der Waals surface area contributed by atoms with Crippen molar-refractivity contribution < 1.29 is 19.4 Å². The van der Waals surface area contributed by atoms with Crippen LogP contribution < -0.4 is 4.90 Å². The van der Waals surface area contributed by atoms with Gasteiger partial charge in [-0.3, -0.25) is 4.79 Å². The lowest BCUT2D eigenvalue weighted by molar-refractivity contribution is -0.117. The molecule has 0 spiro atoms. The summed E-state index contributed by atoms with van der Waals surface area (Å²) in [6.45, 7) is 0.156. The van der Waals surface area contributed by atoms with Crippen LogP contribution in [0.3, 0.4) is 0 Å². The van der Waals surface area contributed by atoms with E-state index in [0.717, 1.165) is 0 Å². The number of ether oxygens (including phenoxy) is 1. The number of carbonyl (C=O) groups is 2. The molecule has 1 fully saturated rings. The molecule has 0 bridgehead atoms. The summed E-state index contributed by atoms with van der Waals surface area (Å²) in [7, 11) is 1.27. The van der Waals surface area contributed by atoms with Crippen LogP contribution in [-0.2, 0) is 9.53 Å². The standard InChI is InChI=1S/C12H12ClNO4/c1-18-12(17)9-3-2-7(13)4-10(9)14-6-8(15)5-11(14)16/h2-4,8,15H,5-6H2,1H3. The summed E-state index contributed by atoms with van der Waals surface area (Å²) in [5.74, 6) is -0.786. The lowest BCUT2D eigenvalue weighted by atomic mass is 10.1. The van der Waals surface area contributed by atoms with Gasteiger partial charge in [0.15, 0.2) is 0 Å². The molecule has 96 valence electrons. The Kier molecular flexibility index (Phi) is 3.54. The molecule has 0 saturated carbocycles. The molecule has 6 heteroatoms. The quantitative estimate of drug-likeness (QED) is 0.820. The van der Waals surface area contributed by atoms with Crippen molar-refractivity contribution >= 4 is 29.2 Å². The lowest BCUT2D eigenvalue weighted by Crippen LogP contribution is -2.27. The predicted molar refractivity (Wildman–Crippen MR) is 65.8 cm³/mol. The van der Waals surface area contributed by atoms with Crippen molar-refractivity contribution in [3.05, 3.63) is 28.8 Å². The van der Waals surface area contributed by atoms with Crippen LogP contribution >= 0.6 is 11.6 Å². The van der Waals surface area contributed by atoms with Gasteiger partial charge >= 0.3 is 5.97 Å². The lowest BCUT2D eigenvalue weighted by Gasteiger charge is -2.19. The maximum absolute atomic E-state index is 11.7. The predicted octanol–water partition coefficient (Wildman–Crippen LogP) is 1.22. The normalized spacial score (nSPS) is 19.2. The van der Waals surface area contributed by atoms with Crippen LogP contribution in [0.25, 0.3) is 0 Å². The number of β-amino-alcohol motifs (C(OH)–C–C–N with tert-alkyl or cyclic N) is 1. The summed E-state index contributed by atoms with van der Waals surface area (Å²) >= 11 is 5.87. The monoisotopic (exact) mass is 269 g/mol. The fraction of sp³-hybridized carbons (Fsp3) is 0.333. The SMILES string of the molecule is COC(=O)c1ccc(Cl)cc1N1CC(O)CC1=O. The molecule has 1 aromatic rings.